The van der Waals surface area contributed by atoms with Crippen molar-refractivity contribution in [1.82, 2.24) is 10.2 Å². The second-order valence-corrected chi connectivity index (χ2v) is 5.55. The minimum atomic E-state index is -0.0378. The molecule has 1 aromatic carbocycles. The fourth-order valence-electron chi connectivity index (χ4n) is 2.04. The predicted molar refractivity (Wildman–Crippen MR) is 87.0 cm³/mol. The van der Waals surface area contributed by atoms with E-state index in [9.17, 15) is 4.79 Å². The van der Waals surface area contributed by atoms with Crippen LogP contribution >= 0.6 is 0 Å². The Hall–Kier alpha value is -1.71. The fraction of sp³-hybridized carbons (Fsp3) is 0.588. The van der Waals surface area contributed by atoms with E-state index in [1.165, 1.54) is 5.56 Å². The van der Waals surface area contributed by atoms with Crippen molar-refractivity contribution < 1.29 is 9.53 Å². The Morgan fingerprint density at radius 3 is 2.71 bits per heavy atom. The Bertz CT molecular complexity index is 433. The van der Waals surface area contributed by atoms with Crippen LogP contribution in [-0.2, 0) is 0 Å². The minimum absolute atomic E-state index is 0.0378. The van der Waals surface area contributed by atoms with E-state index in [4.69, 9.17) is 4.74 Å². The van der Waals surface area contributed by atoms with Gasteiger partial charge in [-0.3, -0.25) is 0 Å². The summed E-state index contributed by atoms with van der Waals surface area (Å²) in [6.45, 7) is 8.20. The molecule has 1 N–H and O–H groups in total. The maximum atomic E-state index is 11.8. The summed E-state index contributed by atoms with van der Waals surface area (Å²) in [7, 11) is 1.82. The Morgan fingerprint density at radius 1 is 1.33 bits per heavy atom. The van der Waals surface area contributed by atoms with E-state index >= 15 is 0 Å². The van der Waals surface area contributed by atoms with Crippen molar-refractivity contribution >= 4 is 6.03 Å². The molecule has 0 spiro atoms. The van der Waals surface area contributed by atoms with Crippen LogP contribution in [0.3, 0.4) is 0 Å². The first-order chi connectivity index (χ1) is 10.1. The van der Waals surface area contributed by atoms with Gasteiger partial charge in [0.25, 0.3) is 0 Å². The molecule has 21 heavy (non-hydrogen) atoms. The molecule has 0 aromatic heterocycles. The van der Waals surface area contributed by atoms with Crippen molar-refractivity contribution in [3.63, 3.8) is 0 Å². The monoisotopic (exact) mass is 292 g/mol. The summed E-state index contributed by atoms with van der Waals surface area (Å²) in [4.78, 5) is 13.5. The minimum Gasteiger partial charge on any atom is -0.491 e. The molecule has 0 saturated carbocycles. The third kappa shape index (κ3) is 6.06. The molecular weight excluding hydrogens is 264 g/mol. The molecular formula is C17H28N2O2. The van der Waals surface area contributed by atoms with Crippen molar-refractivity contribution in [2.24, 2.45) is 0 Å². The predicted octanol–water partition coefficient (Wildman–Crippen LogP) is 3.63. The highest BCUT2D eigenvalue weighted by Gasteiger charge is 2.08. The van der Waals surface area contributed by atoms with Crippen LogP contribution < -0.4 is 10.1 Å². The largest absolute Gasteiger partial charge is 0.491 e. The number of carbonyl (C=O) groups is 1. The van der Waals surface area contributed by atoms with Crippen molar-refractivity contribution in [2.75, 3.05) is 26.7 Å². The van der Waals surface area contributed by atoms with E-state index in [-0.39, 0.29) is 6.03 Å². The van der Waals surface area contributed by atoms with Crippen molar-refractivity contribution in [3.05, 3.63) is 29.8 Å². The molecule has 0 bridgehead atoms. The molecule has 1 aromatic rings. The van der Waals surface area contributed by atoms with Crippen LogP contribution in [-0.4, -0.2) is 37.7 Å². The summed E-state index contributed by atoms with van der Waals surface area (Å²) in [5, 5.41) is 2.87. The van der Waals surface area contributed by atoms with E-state index in [0.717, 1.165) is 25.1 Å². The Morgan fingerprint density at radius 2 is 2.05 bits per heavy atom. The van der Waals surface area contributed by atoms with Crippen LogP contribution in [0, 0.1) is 0 Å². The SMILES string of the molecule is CCCCN(C)C(=O)NCCOc1ccccc1C(C)C. The summed E-state index contributed by atoms with van der Waals surface area (Å²) in [6, 6.07) is 8.01. The van der Waals surface area contributed by atoms with Gasteiger partial charge >= 0.3 is 6.03 Å². The molecule has 2 amide bonds. The molecule has 0 aliphatic carbocycles. The first-order valence-electron chi connectivity index (χ1n) is 7.77. The number of unbranched alkanes of at least 4 members (excludes halogenated alkanes) is 1. The van der Waals surface area contributed by atoms with E-state index in [1.807, 2.05) is 25.2 Å². The Balaban J connectivity index is 2.33. The number of ether oxygens (including phenoxy) is 1. The Labute approximate surface area is 128 Å². The van der Waals surface area contributed by atoms with Crippen LogP contribution in [0.15, 0.2) is 24.3 Å². The van der Waals surface area contributed by atoms with Gasteiger partial charge in [0.1, 0.15) is 12.4 Å². The first-order valence-corrected chi connectivity index (χ1v) is 7.77. The topological polar surface area (TPSA) is 41.6 Å². The Kier molecular flexibility index (Phi) is 7.65. The van der Waals surface area contributed by atoms with Gasteiger partial charge in [-0.25, -0.2) is 4.79 Å². The molecule has 1 rings (SSSR count). The third-order valence-electron chi connectivity index (χ3n) is 3.37. The van der Waals surface area contributed by atoms with Crippen LogP contribution in [0.25, 0.3) is 0 Å². The van der Waals surface area contributed by atoms with Gasteiger partial charge in [0.2, 0.25) is 0 Å². The lowest BCUT2D eigenvalue weighted by Gasteiger charge is -2.18. The third-order valence-corrected chi connectivity index (χ3v) is 3.37. The van der Waals surface area contributed by atoms with Crippen molar-refractivity contribution in [2.45, 2.75) is 39.5 Å². The van der Waals surface area contributed by atoms with Crippen molar-refractivity contribution in [3.8, 4) is 5.75 Å². The molecule has 0 aliphatic rings. The molecule has 0 heterocycles. The van der Waals surface area contributed by atoms with Crippen LogP contribution in [0.4, 0.5) is 4.79 Å². The van der Waals surface area contributed by atoms with Gasteiger partial charge in [0.05, 0.1) is 6.54 Å². The summed E-state index contributed by atoms with van der Waals surface area (Å²) >= 11 is 0. The number of nitrogens with zero attached hydrogens (tertiary/aromatic N) is 1. The standard InChI is InChI=1S/C17H28N2O2/c1-5-6-12-19(4)17(20)18-11-13-21-16-10-8-7-9-15(16)14(2)3/h7-10,14H,5-6,11-13H2,1-4H3,(H,18,20). The lowest BCUT2D eigenvalue weighted by molar-refractivity contribution is 0.204. The first kappa shape index (κ1) is 17.3. The molecule has 0 atom stereocenters. The van der Waals surface area contributed by atoms with E-state index in [0.29, 0.717) is 19.1 Å². The van der Waals surface area contributed by atoms with Crippen LogP contribution in [0.5, 0.6) is 5.75 Å². The van der Waals surface area contributed by atoms with Gasteiger partial charge in [0.15, 0.2) is 0 Å². The lowest BCUT2D eigenvalue weighted by atomic mass is 10.0. The number of benzene rings is 1. The smallest absolute Gasteiger partial charge is 0.317 e. The highest BCUT2D eigenvalue weighted by atomic mass is 16.5. The highest BCUT2D eigenvalue weighted by molar-refractivity contribution is 5.73. The second-order valence-electron chi connectivity index (χ2n) is 5.55. The van der Waals surface area contributed by atoms with Gasteiger partial charge in [0, 0.05) is 13.6 Å². The molecule has 0 radical (unpaired) electrons. The average Bonchev–Trinajstić information content (AvgIpc) is 2.49. The number of amides is 2. The number of hydrogen-bond acceptors (Lipinski definition) is 2. The maximum Gasteiger partial charge on any atom is 0.317 e. The zero-order chi connectivity index (χ0) is 15.7. The summed E-state index contributed by atoms with van der Waals surface area (Å²) in [5.74, 6) is 1.33. The number of rotatable bonds is 8. The molecule has 0 saturated heterocycles. The summed E-state index contributed by atoms with van der Waals surface area (Å²) < 4.78 is 5.78. The van der Waals surface area contributed by atoms with Gasteiger partial charge < -0.3 is 15.0 Å². The number of carbonyl (C=O) groups excluding carboxylic acids is 1. The van der Waals surface area contributed by atoms with E-state index < -0.39 is 0 Å². The molecule has 4 heteroatoms. The van der Waals surface area contributed by atoms with E-state index in [2.05, 4.69) is 32.2 Å². The molecule has 0 aliphatic heterocycles. The van der Waals surface area contributed by atoms with Crippen LogP contribution in [0.1, 0.15) is 45.1 Å². The maximum absolute atomic E-state index is 11.8. The van der Waals surface area contributed by atoms with Crippen LogP contribution in [0.2, 0.25) is 0 Å². The number of hydrogen-bond donors (Lipinski definition) is 1. The van der Waals surface area contributed by atoms with Crippen molar-refractivity contribution in [1.29, 1.82) is 0 Å². The molecule has 4 nitrogen and oxygen atoms in total. The molecule has 118 valence electrons. The summed E-state index contributed by atoms with van der Waals surface area (Å²) in [5.41, 5.74) is 1.20. The zero-order valence-electron chi connectivity index (χ0n) is 13.7. The highest BCUT2D eigenvalue weighted by Crippen LogP contribution is 2.25. The lowest BCUT2D eigenvalue weighted by Crippen LogP contribution is -2.39. The average molecular weight is 292 g/mol. The normalized spacial score (nSPS) is 10.5. The number of para-hydroxylation sites is 1. The van der Waals surface area contributed by atoms with E-state index in [1.54, 1.807) is 4.90 Å². The number of urea groups is 1. The molecule has 0 fully saturated rings. The second kappa shape index (κ2) is 9.27. The summed E-state index contributed by atoms with van der Waals surface area (Å²) in [6.07, 6.45) is 2.12. The molecule has 0 unspecified atom stereocenters. The van der Waals surface area contributed by atoms with Gasteiger partial charge in [-0.15, -0.1) is 0 Å². The van der Waals surface area contributed by atoms with Gasteiger partial charge in [-0.2, -0.15) is 0 Å². The van der Waals surface area contributed by atoms with Gasteiger partial charge in [-0.05, 0) is 24.0 Å². The number of nitrogens with one attached hydrogen (secondary N) is 1. The quantitative estimate of drug-likeness (QED) is 0.743. The van der Waals surface area contributed by atoms with Gasteiger partial charge in [-0.1, -0.05) is 45.4 Å². The zero-order valence-corrected chi connectivity index (χ0v) is 13.7. The fourth-order valence-corrected chi connectivity index (χ4v) is 2.04.